The second-order valence-electron chi connectivity index (χ2n) is 5.91. The van der Waals surface area contributed by atoms with Gasteiger partial charge in [-0.15, -0.1) is 0 Å². The lowest BCUT2D eigenvalue weighted by Gasteiger charge is -2.10. The van der Waals surface area contributed by atoms with Crippen LogP contribution in [-0.4, -0.2) is 20.9 Å². The van der Waals surface area contributed by atoms with Crippen molar-refractivity contribution >= 4 is 44.2 Å². The summed E-state index contributed by atoms with van der Waals surface area (Å²) in [4.78, 5) is 12.2. The standard InChI is InChI=1S/C18H21IN2O3S/c1-12-5-7-16(10-14(12)3)25(23,24)20-9-8-18(22)21-15-6-4-13(2)17(19)11-15/h4-7,10-11,20H,8-9H2,1-3H3,(H,21,22). The molecule has 0 aliphatic carbocycles. The third-order valence-electron chi connectivity index (χ3n) is 3.89. The maximum absolute atomic E-state index is 12.3. The van der Waals surface area contributed by atoms with E-state index in [9.17, 15) is 13.2 Å². The summed E-state index contributed by atoms with van der Waals surface area (Å²) in [5.41, 5.74) is 3.79. The lowest BCUT2D eigenvalue weighted by molar-refractivity contribution is -0.116. The number of carbonyl (C=O) groups excluding carboxylic acids is 1. The maximum atomic E-state index is 12.3. The molecule has 7 heteroatoms. The number of aryl methyl sites for hydroxylation is 3. The number of rotatable bonds is 6. The molecule has 2 aromatic rings. The predicted molar refractivity (Wildman–Crippen MR) is 108 cm³/mol. The Bertz CT molecular complexity index is 895. The molecule has 2 aromatic carbocycles. The zero-order chi connectivity index (χ0) is 18.6. The first-order chi connectivity index (χ1) is 11.7. The number of benzene rings is 2. The molecule has 2 N–H and O–H groups in total. The number of nitrogens with one attached hydrogen (secondary N) is 2. The molecule has 2 rings (SSSR count). The third-order valence-corrected chi connectivity index (χ3v) is 6.51. The Labute approximate surface area is 162 Å². The van der Waals surface area contributed by atoms with Crippen LogP contribution in [0.2, 0.25) is 0 Å². The normalized spacial score (nSPS) is 11.4. The fourth-order valence-electron chi connectivity index (χ4n) is 2.16. The number of sulfonamides is 1. The van der Waals surface area contributed by atoms with Gasteiger partial charge in [-0.1, -0.05) is 12.1 Å². The van der Waals surface area contributed by atoms with Gasteiger partial charge in [0.25, 0.3) is 0 Å². The van der Waals surface area contributed by atoms with Crippen molar-refractivity contribution < 1.29 is 13.2 Å². The van der Waals surface area contributed by atoms with Gasteiger partial charge >= 0.3 is 0 Å². The fourth-order valence-corrected chi connectivity index (χ4v) is 3.79. The highest BCUT2D eigenvalue weighted by atomic mass is 127. The van der Waals surface area contributed by atoms with Crippen molar-refractivity contribution in [3.8, 4) is 0 Å². The second kappa shape index (κ2) is 8.29. The summed E-state index contributed by atoms with van der Waals surface area (Å²) in [6, 6.07) is 10.6. The van der Waals surface area contributed by atoms with E-state index < -0.39 is 10.0 Å². The van der Waals surface area contributed by atoms with E-state index in [2.05, 4.69) is 32.6 Å². The van der Waals surface area contributed by atoms with Gasteiger partial charge in [0.1, 0.15) is 0 Å². The monoisotopic (exact) mass is 472 g/mol. The van der Waals surface area contributed by atoms with Crippen molar-refractivity contribution in [3.63, 3.8) is 0 Å². The van der Waals surface area contributed by atoms with Crippen LogP contribution in [0.15, 0.2) is 41.3 Å². The highest BCUT2D eigenvalue weighted by molar-refractivity contribution is 14.1. The Balaban J connectivity index is 1.91. The van der Waals surface area contributed by atoms with Crippen LogP contribution in [0, 0.1) is 24.3 Å². The quantitative estimate of drug-likeness (QED) is 0.632. The fraction of sp³-hybridized carbons (Fsp3) is 0.278. The smallest absolute Gasteiger partial charge is 0.240 e. The minimum Gasteiger partial charge on any atom is -0.326 e. The second-order valence-corrected chi connectivity index (χ2v) is 8.84. The first-order valence-electron chi connectivity index (χ1n) is 7.82. The number of hydrogen-bond donors (Lipinski definition) is 2. The predicted octanol–water partition coefficient (Wildman–Crippen LogP) is 3.52. The summed E-state index contributed by atoms with van der Waals surface area (Å²) >= 11 is 2.20. The molecule has 0 heterocycles. The lowest BCUT2D eigenvalue weighted by atomic mass is 10.1. The Kier molecular flexibility index (Phi) is 6.59. The van der Waals surface area contributed by atoms with Gasteiger partial charge in [0.05, 0.1) is 4.90 Å². The average Bonchev–Trinajstić information content (AvgIpc) is 2.53. The van der Waals surface area contributed by atoms with Crippen LogP contribution in [0.3, 0.4) is 0 Å². The van der Waals surface area contributed by atoms with Crippen molar-refractivity contribution in [2.75, 3.05) is 11.9 Å². The van der Waals surface area contributed by atoms with Crippen LogP contribution in [-0.2, 0) is 14.8 Å². The Morgan fingerprint density at radius 3 is 2.32 bits per heavy atom. The SMILES string of the molecule is Cc1ccc(S(=O)(=O)NCCC(=O)Nc2ccc(C)c(I)c2)cc1C. The highest BCUT2D eigenvalue weighted by Gasteiger charge is 2.15. The lowest BCUT2D eigenvalue weighted by Crippen LogP contribution is -2.28. The summed E-state index contributed by atoms with van der Waals surface area (Å²) in [5.74, 6) is -0.234. The summed E-state index contributed by atoms with van der Waals surface area (Å²) < 4.78 is 28.1. The first kappa shape index (κ1) is 19.9. The molecule has 0 atom stereocenters. The van der Waals surface area contributed by atoms with Crippen molar-refractivity contribution in [3.05, 3.63) is 56.7 Å². The van der Waals surface area contributed by atoms with Gasteiger partial charge in [0.15, 0.2) is 0 Å². The van der Waals surface area contributed by atoms with Gasteiger partial charge in [-0.3, -0.25) is 4.79 Å². The van der Waals surface area contributed by atoms with Crippen LogP contribution >= 0.6 is 22.6 Å². The Morgan fingerprint density at radius 1 is 1.00 bits per heavy atom. The minimum absolute atomic E-state index is 0.0457. The van der Waals surface area contributed by atoms with Crippen molar-refractivity contribution in [1.82, 2.24) is 4.72 Å². The maximum Gasteiger partial charge on any atom is 0.240 e. The van der Waals surface area contributed by atoms with E-state index in [0.29, 0.717) is 5.69 Å². The van der Waals surface area contributed by atoms with E-state index in [-0.39, 0.29) is 23.8 Å². The van der Waals surface area contributed by atoms with Gasteiger partial charge in [0, 0.05) is 22.2 Å². The van der Waals surface area contributed by atoms with Crippen molar-refractivity contribution in [2.24, 2.45) is 0 Å². The average molecular weight is 472 g/mol. The van der Waals surface area contributed by atoms with E-state index in [4.69, 9.17) is 0 Å². The first-order valence-corrected chi connectivity index (χ1v) is 10.4. The Morgan fingerprint density at radius 2 is 1.68 bits per heavy atom. The van der Waals surface area contributed by atoms with Crippen LogP contribution < -0.4 is 10.0 Å². The van der Waals surface area contributed by atoms with Crippen LogP contribution in [0.1, 0.15) is 23.1 Å². The number of halogens is 1. The summed E-state index contributed by atoms with van der Waals surface area (Å²) in [6.45, 7) is 5.83. The number of anilines is 1. The summed E-state index contributed by atoms with van der Waals surface area (Å²) in [6.07, 6.45) is 0.0640. The van der Waals surface area contributed by atoms with Gasteiger partial charge in [-0.2, -0.15) is 0 Å². The van der Waals surface area contributed by atoms with E-state index in [1.807, 2.05) is 39.0 Å². The number of carbonyl (C=O) groups is 1. The molecule has 0 radical (unpaired) electrons. The zero-order valence-electron chi connectivity index (χ0n) is 14.4. The van der Waals surface area contributed by atoms with Crippen LogP contribution in [0.4, 0.5) is 5.69 Å². The molecule has 134 valence electrons. The molecular weight excluding hydrogens is 451 g/mol. The molecule has 0 aromatic heterocycles. The molecule has 0 spiro atoms. The molecular formula is C18H21IN2O3S. The van der Waals surface area contributed by atoms with E-state index in [1.54, 1.807) is 18.2 Å². The molecule has 0 fully saturated rings. The molecule has 5 nitrogen and oxygen atoms in total. The zero-order valence-corrected chi connectivity index (χ0v) is 17.4. The van der Waals surface area contributed by atoms with Crippen molar-refractivity contribution in [1.29, 1.82) is 0 Å². The number of amides is 1. The molecule has 0 aliphatic rings. The van der Waals surface area contributed by atoms with E-state index in [1.165, 1.54) is 0 Å². The minimum atomic E-state index is -3.61. The third kappa shape index (κ3) is 5.52. The molecule has 1 amide bonds. The molecule has 0 saturated heterocycles. The van der Waals surface area contributed by atoms with Crippen LogP contribution in [0.25, 0.3) is 0 Å². The Hall–Kier alpha value is -1.45. The molecule has 25 heavy (non-hydrogen) atoms. The van der Waals surface area contributed by atoms with Gasteiger partial charge in [-0.05, 0) is 84.3 Å². The highest BCUT2D eigenvalue weighted by Crippen LogP contribution is 2.17. The molecule has 0 unspecified atom stereocenters. The van der Waals surface area contributed by atoms with Gasteiger partial charge in [-0.25, -0.2) is 13.1 Å². The van der Waals surface area contributed by atoms with Crippen molar-refractivity contribution in [2.45, 2.75) is 32.1 Å². The van der Waals surface area contributed by atoms with E-state index >= 15 is 0 Å². The van der Waals surface area contributed by atoms with Gasteiger partial charge < -0.3 is 5.32 Å². The summed E-state index contributed by atoms with van der Waals surface area (Å²) in [7, 11) is -3.61. The molecule has 0 bridgehead atoms. The molecule has 0 saturated carbocycles. The molecule has 0 aliphatic heterocycles. The summed E-state index contributed by atoms with van der Waals surface area (Å²) in [5, 5.41) is 2.77. The van der Waals surface area contributed by atoms with E-state index in [0.717, 1.165) is 20.3 Å². The number of hydrogen-bond acceptors (Lipinski definition) is 3. The van der Waals surface area contributed by atoms with Gasteiger partial charge in [0.2, 0.25) is 15.9 Å². The topological polar surface area (TPSA) is 75.3 Å². The van der Waals surface area contributed by atoms with Crippen LogP contribution in [0.5, 0.6) is 0 Å². The largest absolute Gasteiger partial charge is 0.326 e.